The van der Waals surface area contributed by atoms with Gasteiger partial charge in [-0.3, -0.25) is 19.2 Å². The summed E-state index contributed by atoms with van der Waals surface area (Å²) in [6, 6.07) is 4.14. The van der Waals surface area contributed by atoms with Gasteiger partial charge in [0.2, 0.25) is 23.6 Å². The first kappa shape index (κ1) is 44.9. The van der Waals surface area contributed by atoms with Gasteiger partial charge in [-0.1, -0.05) is 85.7 Å². The molecule has 0 aliphatic carbocycles. The molecule has 5 amide bonds. The quantitative estimate of drug-likeness (QED) is 0.133. The topological polar surface area (TPSA) is 181 Å². The third-order valence-electron chi connectivity index (χ3n) is 7.73. The zero-order valence-corrected chi connectivity index (χ0v) is 32.7. The molecular weight excluding hydrogens is 654 g/mol. The minimum Gasteiger partial charge on any atom is -0.467 e. The molecule has 0 saturated carbocycles. The summed E-state index contributed by atoms with van der Waals surface area (Å²) in [5.41, 5.74) is 0.0506. The molecule has 0 aliphatic heterocycles. The summed E-state index contributed by atoms with van der Waals surface area (Å²) in [4.78, 5) is 79.8. The summed E-state index contributed by atoms with van der Waals surface area (Å²) in [5.74, 6) is -3.26. The van der Waals surface area contributed by atoms with Crippen LogP contribution in [-0.4, -0.2) is 78.6 Å². The lowest BCUT2D eigenvalue weighted by Gasteiger charge is -2.30. The first-order valence-electron chi connectivity index (χ1n) is 18.0. The predicted octanol–water partition coefficient (Wildman–Crippen LogP) is 4.03. The highest BCUT2D eigenvalue weighted by Gasteiger charge is 2.35. The smallest absolute Gasteiger partial charge is 0.408 e. The van der Waals surface area contributed by atoms with Crippen molar-refractivity contribution in [1.82, 2.24) is 26.6 Å². The molecule has 0 aliphatic rings. The molecule has 0 saturated heterocycles. The molecule has 0 heterocycles. The van der Waals surface area contributed by atoms with Gasteiger partial charge in [0.05, 0.1) is 7.11 Å². The number of carbonyl (C=O) groups excluding carboxylic acids is 6. The van der Waals surface area contributed by atoms with E-state index < -0.39 is 77.4 Å². The van der Waals surface area contributed by atoms with Crippen molar-refractivity contribution in [3.8, 4) is 0 Å². The van der Waals surface area contributed by atoms with E-state index >= 15 is 0 Å². The van der Waals surface area contributed by atoms with E-state index in [0.29, 0.717) is 6.42 Å². The van der Waals surface area contributed by atoms with Gasteiger partial charge in [0.25, 0.3) is 0 Å². The Morgan fingerprint density at radius 3 is 1.41 bits per heavy atom. The second kappa shape index (κ2) is 21.3. The van der Waals surface area contributed by atoms with Crippen LogP contribution >= 0.6 is 0 Å². The van der Waals surface area contributed by atoms with Crippen LogP contribution in [0.2, 0.25) is 0 Å². The Bertz CT molecular complexity index is 1290. The Hall–Kier alpha value is -4.16. The zero-order chi connectivity index (χ0) is 39.1. The third kappa shape index (κ3) is 17.6. The fourth-order valence-electron chi connectivity index (χ4n) is 5.34. The Morgan fingerprint density at radius 1 is 0.588 bits per heavy atom. The maximum atomic E-state index is 13.8. The van der Waals surface area contributed by atoms with Crippen molar-refractivity contribution >= 4 is 35.7 Å². The number of hydrogen-bond acceptors (Lipinski definition) is 8. The molecule has 51 heavy (non-hydrogen) atoms. The van der Waals surface area contributed by atoms with E-state index in [1.165, 1.54) is 7.11 Å². The van der Waals surface area contributed by atoms with Crippen molar-refractivity contribution in [2.75, 3.05) is 7.11 Å². The fraction of sp³-hybridized carbons (Fsp3) is 0.684. The van der Waals surface area contributed by atoms with Gasteiger partial charge in [0, 0.05) is 6.42 Å². The minimum absolute atomic E-state index is 0.00227. The number of esters is 1. The summed E-state index contributed by atoms with van der Waals surface area (Å²) in [6.07, 6.45) is 0.283. The van der Waals surface area contributed by atoms with Crippen LogP contribution in [0, 0.1) is 23.7 Å². The van der Waals surface area contributed by atoms with Crippen LogP contribution in [-0.2, 0) is 39.9 Å². The summed E-state index contributed by atoms with van der Waals surface area (Å²) in [7, 11) is 1.24. The van der Waals surface area contributed by atoms with Crippen LogP contribution in [0.15, 0.2) is 30.3 Å². The molecular formula is C38H63N5O8. The van der Waals surface area contributed by atoms with Gasteiger partial charge in [0.15, 0.2) is 0 Å². The number of methoxy groups -OCH3 is 1. The Labute approximate surface area is 304 Å². The minimum atomic E-state index is -1.06. The maximum Gasteiger partial charge on any atom is 0.408 e. The second-order valence-corrected chi connectivity index (χ2v) is 15.7. The van der Waals surface area contributed by atoms with Crippen LogP contribution in [0.4, 0.5) is 4.79 Å². The number of carbonyl (C=O) groups is 6. The van der Waals surface area contributed by atoms with Gasteiger partial charge < -0.3 is 36.1 Å². The molecule has 1 aromatic carbocycles. The van der Waals surface area contributed by atoms with E-state index in [4.69, 9.17) is 9.47 Å². The van der Waals surface area contributed by atoms with E-state index in [1.54, 1.807) is 34.6 Å². The van der Waals surface area contributed by atoms with Gasteiger partial charge >= 0.3 is 12.1 Å². The van der Waals surface area contributed by atoms with Crippen LogP contribution in [0.3, 0.4) is 0 Å². The lowest BCUT2D eigenvalue weighted by Crippen LogP contribution is -2.60. The Morgan fingerprint density at radius 2 is 1.00 bits per heavy atom. The van der Waals surface area contributed by atoms with E-state index in [-0.39, 0.29) is 37.0 Å². The zero-order valence-electron chi connectivity index (χ0n) is 32.7. The normalized spacial score (nSPS) is 14.6. The molecule has 13 nitrogen and oxygen atoms in total. The number of amides is 5. The SMILES string of the molecule is COC(=O)[C@H](Cc1ccccc1)NC(=O)[C@H](CC(C)C)NC(=O)[C@@H](NC(=O)[C@H](CC(C)C)NC(=O)[C@H](CC(C)C)NC(=O)OC(C)(C)C)C(C)C. The van der Waals surface area contributed by atoms with Crippen molar-refractivity contribution < 1.29 is 38.2 Å². The molecule has 0 fully saturated rings. The standard InChI is InChI=1S/C38H63N5O8/c1-22(2)18-27(32(44)41-30(36(48)50-12)21-26-16-14-13-15-17-26)40-35(47)31(25(7)8)43-34(46)28(19-23(3)4)39-33(45)29(20-24(5)6)42-37(49)51-38(9,10)11/h13-17,22-25,27-31H,18-21H2,1-12H3,(H,39,45)(H,40,47)(H,41,44)(H,42,49)(H,43,46)/t27-,28-,29-,30-,31-/m0/s1. The van der Waals surface area contributed by atoms with Crippen molar-refractivity contribution in [2.24, 2.45) is 23.7 Å². The van der Waals surface area contributed by atoms with Crippen molar-refractivity contribution in [3.63, 3.8) is 0 Å². The summed E-state index contributed by atoms with van der Waals surface area (Å²) in [5, 5.41) is 13.7. The average Bonchev–Trinajstić information content (AvgIpc) is 3.00. The van der Waals surface area contributed by atoms with Crippen molar-refractivity contribution in [1.29, 1.82) is 0 Å². The van der Waals surface area contributed by atoms with Crippen molar-refractivity contribution in [2.45, 2.75) is 138 Å². The highest BCUT2D eigenvalue weighted by atomic mass is 16.6. The number of rotatable bonds is 19. The fourth-order valence-corrected chi connectivity index (χ4v) is 5.34. The molecule has 5 N–H and O–H groups in total. The summed E-state index contributed by atoms with van der Waals surface area (Å²) in [6.45, 7) is 20.1. The average molecular weight is 718 g/mol. The largest absolute Gasteiger partial charge is 0.467 e. The molecule has 288 valence electrons. The molecule has 0 spiro atoms. The lowest BCUT2D eigenvalue weighted by atomic mass is 9.97. The number of hydrogen-bond donors (Lipinski definition) is 5. The predicted molar refractivity (Wildman–Crippen MR) is 196 cm³/mol. The van der Waals surface area contributed by atoms with Gasteiger partial charge in [-0.25, -0.2) is 9.59 Å². The van der Waals surface area contributed by atoms with E-state index in [0.717, 1.165) is 5.56 Å². The van der Waals surface area contributed by atoms with E-state index in [2.05, 4.69) is 26.6 Å². The molecule has 0 aromatic heterocycles. The van der Waals surface area contributed by atoms with E-state index in [1.807, 2.05) is 71.9 Å². The highest BCUT2D eigenvalue weighted by molar-refractivity contribution is 5.96. The first-order valence-corrected chi connectivity index (χ1v) is 18.0. The molecule has 0 radical (unpaired) electrons. The van der Waals surface area contributed by atoms with Crippen LogP contribution in [0.25, 0.3) is 0 Å². The van der Waals surface area contributed by atoms with Crippen LogP contribution < -0.4 is 26.6 Å². The number of alkyl carbamates (subject to hydrolysis) is 1. The third-order valence-corrected chi connectivity index (χ3v) is 7.73. The van der Waals surface area contributed by atoms with Crippen molar-refractivity contribution in [3.05, 3.63) is 35.9 Å². The van der Waals surface area contributed by atoms with Gasteiger partial charge in [0.1, 0.15) is 35.8 Å². The molecule has 0 bridgehead atoms. The number of ether oxygens (including phenoxy) is 2. The summed E-state index contributed by atoms with van der Waals surface area (Å²) < 4.78 is 10.3. The summed E-state index contributed by atoms with van der Waals surface area (Å²) >= 11 is 0. The van der Waals surface area contributed by atoms with E-state index in [9.17, 15) is 28.8 Å². The number of benzene rings is 1. The maximum absolute atomic E-state index is 13.8. The van der Waals surface area contributed by atoms with Gasteiger partial charge in [-0.15, -0.1) is 0 Å². The highest BCUT2D eigenvalue weighted by Crippen LogP contribution is 2.14. The number of nitrogens with one attached hydrogen (secondary N) is 5. The van der Waals surface area contributed by atoms with Gasteiger partial charge in [-0.05, 0) is 69.3 Å². The van der Waals surface area contributed by atoms with Gasteiger partial charge in [-0.2, -0.15) is 0 Å². The molecule has 13 heteroatoms. The molecule has 0 unspecified atom stereocenters. The Balaban J connectivity index is 3.21. The molecule has 5 atom stereocenters. The molecule has 1 rings (SSSR count). The lowest BCUT2D eigenvalue weighted by molar-refractivity contribution is -0.145. The monoisotopic (exact) mass is 717 g/mol. The van der Waals surface area contributed by atoms with Crippen LogP contribution in [0.5, 0.6) is 0 Å². The van der Waals surface area contributed by atoms with Crippen LogP contribution in [0.1, 0.15) is 101 Å². The molecule has 1 aromatic rings. The second-order valence-electron chi connectivity index (χ2n) is 15.7. The Kier molecular flexibility index (Phi) is 18.7. The first-order chi connectivity index (χ1) is 23.6.